The summed E-state index contributed by atoms with van der Waals surface area (Å²) in [5.41, 5.74) is 3.34. The molecular weight excluding hydrogens is 255 g/mol. The maximum absolute atomic E-state index is 13.7. The first-order valence-electron chi connectivity index (χ1n) is 6.19. The molecule has 0 aliphatic heterocycles. The quantitative estimate of drug-likeness (QED) is 0.554. The van der Waals surface area contributed by atoms with E-state index >= 15 is 0 Å². The van der Waals surface area contributed by atoms with Gasteiger partial charge in [-0.15, -0.1) is 0 Å². The maximum atomic E-state index is 13.7. The number of aromatic nitrogens is 2. The summed E-state index contributed by atoms with van der Waals surface area (Å²) >= 11 is 0. The molecule has 4 nitrogen and oxygen atoms in total. The standard InChI is InChI=1S/C15H13FN4/c1-9-13(16)15(20-17)19-14(18-9)12-7-6-10-4-2-3-5-11(10)8-12/h2-8H,17H2,1H3,(H,18,19,20). The molecule has 0 aliphatic rings. The zero-order chi connectivity index (χ0) is 14.1. The molecule has 1 aromatic heterocycles. The van der Waals surface area contributed by atoms with Gasteiger partial charge in [-0.3, -0.25) is 0 Å². The molecule has 0 unspecified atom stereocenters. The molecule has 1 heterocycles. The van der Waals surface area contributed by atoms with Gasteiger partial charge in [0.25, 0.3) is 0 Å². The summed E-state index contributed by atoms with van der Waals surface area (Å²) in [5, 5.41) is 2.21. The molecule has 20 heavy (non-hydrogen) atoms. The van der Waals surface area contributed by atoms with Gasteiger partial charge in [-0.05, 0) is 23.8 Å². The summed E-state index contributed by atoms with van der Waals surface area (Å²) in [5.74, 6) is 5.19. The van der Waals surface area contributed by atoms with Gasteiger partial charge in [0, 0.05) is 5.56 Å². The number of benzene rings is 2. The van der Waals surface area contributed by atoms with Gasteiger partial charge in [0.2, 0.25) is 0 Å². The van der Waals surface area contributed by atoms with Crippen molar-refractivity contribution in [3.63, 3.8) is 0 Å². The predicted octanol–water partition coefficient (Wildman–Crippen LogP) is 3.03. The van der Waals surface area contributed by atoms with Crippen LogP contribution in [0.1, 0.15) is 5.69 Å². The average molecular weight is 268 g/mol. The van der Waals surface area contributed by atoms with Crippen LogP contribution in [0.15, 0.2) is 42.5 Å². The van der Waals surface area contributed by atoms with Gasteiger partial charge in [0.1, 0.15) is 0 Å². The molecule has 0 radical (unpaired) electrons. The van der Waals surface area contributed by atoms with Crippen molar-refractivity contribution < 1.29 is 4.39 Å². The average Bonchev–Trinajstić information content (AvgIpc) is 2.49. The van der Waals surface area contributed by atoms with E-state index in [2.05, 4.69) is 15.4 Å². The number of aryl methyl sites for hydroxylation is 1. The molecule has 5 heteroatoms. The van der Waals surface area contributed by atoms with Crippen LogP contribution in [0.3, 0.4) is 0 Å². The molecule has 100 valence electrons. The fraction of sp³-hybridized carbons (Fsp3) is 0.0667. The van der Waals surface area contributed by atoms with Gasteiger partial charge in [-0.25, -0.2) is 20.2 Å². The molecule has 3 rings (SSSR count). The van der Waals surface area contributed by atoms with E-state index in [0.717, 1.165) is 16.3 Å². The molecule has 0 fully saturated rings. The van der Waals surface area contributed by atoms with Crippen LogP contribution in [0.2, 0.25) is 0 Å². The van der Waals surface area contributed by atoms with Crippen LogP contribution in [-0.2, 0) is 0 Å². The van der Waals surface area contributed by atoms with E-state index in [1.54, 1.807) is 6.92 Å². The van der Waals surface area contributed by atoms with Crippen molar-refractivity contribution in [3.8, 4) is 11.4 Å². The Kier molecular flexibility index (Phi) is 3.04. The minimum atomic E-state index is -0.531. The zero-order valence-corrected chi connectivity index (χ0v) is 10.9. The molecule has 0 atom stereocenters. The lowest BCUT2D eigenvalue weighted by molar-refractivity contribution is 0.606. The van der Waals surface area contributed by atoms with Gasteiger partial charge in [-0.1, -0.05) is 36.4 Å². The lowest BCUT2D eigenvalue weighted by Crippen LogP contribution is -2.13. The number of hydrogen-bond acceptors (Lipinski definition) is 4. The van der Waals surface area contributed by atoms with Crippen LogP contribution in [0.25, 0.3) is 22.2 Å². The second kappa shape index (κ2) is 4.86. The van der Waals surface area contributed by atoms with E-state index in [1.165, 1.54) is 0 Å². The van der Waals surface area contributed by atoms with Crippen molar-refractivity contribution in [1.29, 1.82) is 0 Å². The summed E-state index contributed by atoms with van der Waals surface area (Å²) < 4.78 is 13.7. The van der Waals surface area contributed by atoms with Crippen molar-refractivity contribution in [3.05, 3.63) is 54.0 Å². The molecule has 3 aromatic rings. The molecule has 0 bridgehead atoms. The maximum Gasteiger partial charge on any atom is 0.187 e. The Morgan fingerprint density at radius 1 is 1.05 bits per heavy atom. The van der Waals surface area contributed by atoms with Gasteiger partial charge in [0.15, 0.2) is 17.5 Å². The van der Waals surface area contributed by atoms with E-state index in [4.69, 9.17) is 5.84 Å². The Balaban J connectivity index is 2.17. The molecule has 0 spiro atoms. The summed E-state index contributed by atoms with van der Waals surface area (Å²) in [4.78, 5) is 8.28. The van der Waals surface area contributed by atoms with E-state index in [1.807, 2.05) is 42.5 Å². The third-order valence-electron chi connectivity index (χ3n) is 3.16. The Bertz CT molecular complexity index is 786. The van der Waals surface area contributed by atoms with Crippen molar-refractivity contribution in [2.75, 3.05) is 5.43 Å². The second-order valence-electron chi connectivity index (χ2n) is 4.50. The smallest absolute Gasteiger partial charge is 0.187 e. The second-order valence-corrected chi connectivity index (χ2v) is 4.50. The summed E-state index contributed by atoms with van der Waals surface area (Å²) in [6.07, 6.45) is 0. The molecule has 0 saturated heterocycles. The molecule has 0 saturated carbocycles. The molecule has 0 aliphatic carbocycles. The number of fused-ring (bicyclic) bond motifs is 1. The van der Waals surface area contributed by atoms with Crippen LogP contribution >= 0.6 is 0 Å². The molecular formula is C15H13FN4. The monoisotopic (exact) mass is 268 g/mol. The lowest BCUT2D eigenvalue weighted by atomic mass is 10.1. The van der Waals surface area contributed by atoms with Crippen molar-refractivity contribution >= 4 is 16.6 Å². The van der Waals surface area contributed by atoms with Gasteiger partial charge < -0.3 is 5.43 Å². The van der Waals surface area contributed by atoms with Crippen molar-refractivity contribution in [2.24, 2.45) is 5.84 Å². The van der Waals surface area contributed by atoms with E-state index < -0.39 is 5.82 Å². The summed E-state index contributed by atoms with van der Waals surface area (Å²) in [6, 6.07) is 13.9. The number of nitrogens with two attached hydrogens (primary N) is 1. The summed E-state index contributed by atoms with van der Waals surface area (Å²) in [6.45, 7) is 1.59. The van der Waals surface area contributed by atoms with Crippen LogP contribution in [-0.4, -0.2) is 9.97 Å². The Labute approximate surface area is 115 Å². The number of halogens is 1. The van der Waals surface area contributed by atoms with Crippen LogP contribution in [0, 0.1) is 12.7 Å². The highest BCUT2D eigenvalue weighted by molar-refractivity contribution is 5.86. The van der Waals surface area contributed by atoms with Gasteiger partial charge in [0.05, 0.1) is 5.69 Å². The highest BCUT2D eigenvalue weighted by Crippen LogP contribution is 2.24. The fourth-order valence-electron chi connectivity index (χ4n) is 2.11. The third-order valence-corrected chi connectivity index (χ3v) is 3.16. The number of nitrogens with one attached hydrogen (secondary N) is 1. The molecule has 2 aromatic carbocycles. The topological polar surface area (TPSA) is 63.8 Å². The predicted molar refractivity (Wildman–Crippen MR) is 77.5 cm³/mol. The Morgan fingerprint density at radius 3 is 2.55 bits per heavy atom. The normalized spacial score (nSPS) is 10.8. The van der Waals surface area contributed by atoms with E-state index in [0.29, 0.717) is 5.82 Å². The highest BCUT2D eigenvalue weighted by Gasteiger charge is 2.12. The van der Waals surface area contributed by atoms with Crippen LogP contribution in [0.4, 0.5) is 10.2 Å². The Hall–Kier alpha value is -2.53. The van der Waals surface area contributed by atoms with Crippen LogP contribution < -0.4 is 11.3 Å². The zero-order valence-electron chi connectivity index (χ0n) is 10.9. The SMILES string of the molecule is Cc1nc(-c2ccc3ccccc3c2)nc(NN)c1F. The molecule has 0 amide bonds. The molecule has 3 N–H and O–H groups in total. The fourth-order valence-corrected chi connectivity index (χ4v) is 2.11. The highest BCUT2D eigenvalue weighted by atomic mass is 19.1. The van der Waals surface area contributed by atoms with Gasteiger partial charge >= 0.3 is 0 Å². The Morgan fingerprint density at radius 2 is 1.80 bits per heavy atom. The van der Waals surface area contributed by atoms with E-state index in [9.17, 15) is 4.39 Å². The van der Waals surface area contributed by atoms with Gasteiger partial charge in [-0.2, -0.15) is 0 Å². The number of nitrogen functional groups attached to an aromatic ring is 1. The number of hydrogen-bond donors (Lipinski definition) is 2. The first-order chi connectivity index (χ1) is 9.69. The third kappa shape index (κ3) is 2.08. The summed E-state index contributed by atoms with van der Waals surface area (Å²) in [7, 11) is 0. The number of anilines is 1. The number of rotatable bonds is 2. The largest absolute Gasteiger partial charge is 0.306 e. The first kappa shape index (κ1) is 12.5. The first-order valence-corrected chi connectivity index (χ1v) is 6.19. The minimum Gasteiger partial charge on any atom is -0.306 e. The van der Waals surface area contributed by atoms with Crippen molar-refractivity contribution in [2.45, 2.75) is 6.92 Å². The van der Waals surface area contributed by atoms with Crippen molar-refractivity contribution in [1.82, 2.24) is 9.97 Å². The van der Waals surface area contributed by atoms with E-state index in [-0.39, 0.29) is 11.5 Å². The number of hydrazine groups is 1. The minimum absolute atomic E-state index is 0.000610. The number of nitrogens with zero attached hydrogens (tertiary/aromatic N) is 2. The lowest BCUT2D eigenvalue weighted by Gasteiger charge is -2.08. The van der Waals surface area contributed by atoms with Crippen LogP contribution in [0.5, 0.6) is 0 Å².